The first-order valence-corrected chi connectivity index (χ1v) is 19.6. The Morgan fingerprint density at radius 1 is 0.900 bits per heavy atom. The standard InChI is InChI=1S/C42H49F4N9O5/c1-22(2)36(52-41(59)60-7)39(57)55-19-23(3)14-34(55)37-49-18-33(50-37)27-10-8-26(9-11-27)29-15-31(43)32(16-30(29)42(44,45)46)51-38(56)28-12-13-35(48-17-28)53-20-25(5)54(21-24(53)4)40(58)47-6/h8-13,15-18,22-25,34,36H,14,19-21H2,1-7H3,(H,47,58)(H,49,50)(H,51,56)(H,52,59)/t23-,24+,25-,34-,36-/m0/s1. The van der Waals surface area contributed by atoms with E-state index in [0.29, 0.717) is 55.0 Å². The Balaban J connectivity index is 1.17. The first-order valence-electron chi connectivity index (χ1n) is 19.6. The van der Waals surface area contributed by atoms with Crippen LogP contribution in [0.15, 0.2) is 60.9 Å². The number of alkyl halides is 3. The number of piperazine rings is 1. The van der Waals surface area contributed by atoms with Crippen molar-refractivity contribution in [3.63, 3.8) is 0 Å². The minimum absolute atomic E-state index is 0.00936. The van der Waals surface area contributed by atoms with Crippen molar-refractivity contribution in [2.75, 3.05) is 44.0 Å². The molecule has 0 radical (unpaired) electrons. The minimum atomic E-state index is -4.90. The number of nitrogens with zero attached hydrogens (tertiary/aromatic N) is 5. The van der Waals surface area contributed by atoms with Gasteiger partial charge in [0.15, 0.2) is 0 Å². The number of H-pyrrole nitrogens is 1. The third-order valence-electron chi connectivity index (χ3n) is 11.0. The summed E-state index contributed by atoms with van der Waals surface area (Å²) in [4.78, 5) is 68.6. The van der Waals surface area contributed by atoms with Gasteiger partial charge in [0, 0.05) is 45.0 Å². The molecule has 4 aromatic rings. The van der Waals surface area contributed by atoms with Gasteiger partial charge in [0.1, 0.15) is 23.5 Å². The van der Waals surface area contributed by atoms with Gasteiger partial charge in [0.25, 0.3) is 5.91 Å². The number of nitrogens with one attached hydrogen (secondary N) is 4. The van der Waals surface area contributed by atoms with Gasteiger partial charge in [-0.05, 0) is 73.1 Å². The maximum atomic E-state index is 15.6. The van der Waals surface area contributed by atoms with Crippen LogP contribution in [0.3, 0.4) is 0 Å². The van der Waals surface area contributed by atoms with Gasteiger partial charge in [-0.15, -0.1) is 0 Å². The normalized spacial score (nSPS) is 19.9. The maximum absolute atomic E-state index is 15.6. The van der Waals surface area contributed by atoms with Crippen LogP contribution in [0.25, 0.3) is 22.4 Å². The van der Waals surface area contributed by atoms with Gasteiger partial charge >= 0.3 is 18.3 Å². The van der Waals surface area contributed by atoms with Crippen molar-refractivity contribution in [1.82, 2.24) is 35.4 Å². The summed E-state index contributed by atoms with van der Waals surface area (Å²) in [5.41, 5.74) is -0.992. The molecule has 0 saturated carbocycles. The van der Waals surface area contributed by atoms with Crippen molar-refractivity contribution in [2.24, 2.45) is 11.8 Å². The van der Waals surface area contributed by atoms with Gasteiger partial charge in [-0.25, -0.2) is 23.9 Å². The number of amides is 5. The van der Waals surface area contributed by atoms with E-state index in [2.05, 4.69) is 30.9 Å². The van der Waals surface area contributed by atoms with Crippen LogP contribution in [0, 0.1) is 17.7 Å². The molecule has 2 aromatic heterocycles. The lowest BCUT2D eigenvalue weighted by Gasteiger charge is -2.44. The number of pyridine rings is 1. The van der Waals surface area contributed by atoms with Crippen LogP contribution in [-0.4, -0.2) is 101 Å². The van der Waals surface area contributed by atoms with Crippen LogP contribution in [0.1, 0.15) is 68.8 Å². The SMILES string of the molecule is CNC(=O)N1C[C@@H](C)N(c2ccc(C(=O)Nc3cc(C(F)(F)F)c(-c4ccc(-c5cnc([C@@H]6C[C@H](C)CN6C(=O)[C@@H](NC(=O)OC)C(C)C)[nH]5)cc4)cc3F)cn2)C[C@@H]1C. The van der Waals surface area contributed by atoms with Crippen LogP contribution in [-0.2, 0) is 15.7 Å². The van der Waals surface area contributed by atoms with Crippen LogP contribution >= 0.6 is 0 Å². The predicted molar refractivity (Wildman–Crippen MR) is 216 cm³/mol. The van der Waals surface area contributed by atoms with Gasteiger partial charge in [0.05, 0.1) is 41.9 Å². The zero-order chi connectivity index (χ0) is 43.6. The van der Waals surface area contributed by atoms with Crippen molar-refractivity contribution in [3.05, 3.63) is 83.7 Å². The Morgan fingerprint density at radius 2 is 1.60 bits per heavy atom. The molecule has 4 N–H and O–H groups in total. The Kier molecular flexibility index (Phi) is 12.7. The molecular weight excluding hydrogens is 787 g/mol. The quantitative estimate of drug-likeness (QED) is 0.130. The summed E-state index contributed by atoms with van der Waals surface area (Å²) >= 11 is 0. The summed E-state index contributed by atoms with van der Waals surface area (Å²) in [6.45, 7) is 10.9. The molecule has 0 spiro atoms. The fourth-order valence-corrected chi connectivity index (χ4v) is 7.81. The van der Waals surface area contributed by atoms with Crippen molar-refractivity contribution in [1.29, 1.82) is 0 Å². The molecule has 2 aliphatic rings. The van der Waals surface area contributed by atoms with Gasteiger partial charge in [-0.3, -0.25) is 9.59 Å². The Morgan fingerprint density at radius 3 is 2.22 bits per heavy atom. The van der Waals surface area contributed by atoms with Crippen molar-refractivity contribution >= 4 is 35.4 Å². The number of hydrogen-bond donors (Lipinski definition) is 4. The molecule has 4 heterocycles. The molecule has 0 bridgehead atoms. The number of halogens is 4. The highest BCUT2D eigenvalue weighted by molar-refractivity contribution is 6.04. The predicted octanol–water partition coefficient (Wildman–Crippen LogP) is 7.08. The highest BCUT2D eigenvalue weighted by atomic mass is 19.4. The number of imidazole rings is 1. The van der Waals surface area contributed by atoms with Crippen LogP contribution in [0.5, 0.6) is 0 Å². The lowest BCUT2D eigenvalue weighted by atomic mass is 9.96. The Bertz CT molecular complexity index is 2210. The molecule has 0 aliphatic carbocycles. The number of likely N-dealkylation sites (tertiary alicyclic amines) is 1. The lowest BCUT2D eigenvalue weighted by molar-refractivity contribution is -0.137. The second kappa shape index (κ2) is 17.6. The molecular formula is C42H49F4N9O5. The molecule has 320 valence electrons. The Hall–Kier alpha value is -6.20. The summed E-state index contributed by atoms with van der Waals surface area (Å²) < 4.78 is 63.8. The first kappa shape index (κ1) is 43.4. The number of benzene rings is 2. The molecule has 5 amide bonds. The fourth-order valence-electron chi connectivity index (χ4n) is 7.81. The number of alkyl carbamates (subject to hydrolysis) is 1. The summed E-state index contributed by atoms with van der Waals surface area (Å²) in [6.07, 6.45) is -2.16. The van der Waals surface area contributed by atoms with Crippen molar-refractivity contribution in [2.45, 2.75) is 71.4 Å². The van der Waals surface area contributed by atoms with Crippen LogP contribution < -0.4 is 20.9 Å². The molecule has 5 atom stereocenters. The summed E-state index contributed by atoms with van der Waals surface area (Å²) in [5.74, 6) is -1.20. The van der Waals surface area contributed by atoms with Crippen LogP contribution in [0.4, 0.5) is 38.7 Å². The van der Waals surface area contributed by atoms with E-state index in [4.69, 9.17) is 4.74 Å². The summed E-state index contributed by atoms with van der Waals surface area (Å²) in [5, 5.41) is 7.53. The van der Waals surface area contributed by atoms with Gasteiger partial charge < -0.3 is 40.4 Å². The van der Waals surface area contributed by atoms with E-state index in [1.165, 1.54) is 31.5 Å². The molecule has 2 saturated heterocycles. The number of urea groups is 1. The van der Waals surface area contributed by atoms with Gasteiger partial charge in [0.2, 0.25) is 5.91 Å². The first-order chi connectivity index (χ1) is 28.4. The molecule has 60 heavy (non-hydrogen) atoms. The van der Waals surface area contributed by atoms with Gasteiger partial charge in [-0.1, -0.05) is 45.0 Å². The van der Waals surface area contributed by atoms with E-state index >= 15 is 4.39 Å². The largest absolute Gasteiger partial charge is 0.453 e. The molecule has 2 fully saturated rings. The monoisotopic (exact) mass is 835 g/mol. The van der Waals surface area contributed by atoms with E-state index in [1.807, 2.05) is 39.5 Å². The van der Waals surface area contributed by atoms with E-state index < -0.39 is 52.9 Å². The molecule has 18 heteroatoms. The van der Waals surface area contributed by atoms with E-state index in [9.17, 15) is 32.3 Å². The second-order valence-corrected chi connectivity index (χ2v) is 15.8. The Labute approximate surface area is 345 Å². The van der Waals surface area contributed by atoms with Gasteiger partial charge in [-0.2, -0.15) is 13.2 Å². The number of rotatable bonds is 9. The van der Waals surface area contributed by atoms with E-state index in [0.717, 1.165) is 6.07 Å². The molecule has 14 nitrogen and oxygen atoms in total. The summed E-state index contributed by atoms with van der Waals surface area (Å²) in [6, 6.07) is 8.78. The smallest absolute Gasteiger partial charge is 0.417 e. The molecule has 6 rings (SSSR count). The number of carbonyl (C=O) groups is 4. The number of hydrogen-bond acceptors (Lipinski definition) is 8. The van der Waals surface area contributed by atoms with E-state index in [-0.39, 0.29) is 47.0 Å². The molecule has 2 aliphatic heterocycles. The van der Waals surface area contributed by atoms with Crippen molar-refractivity contribution in [3.8, 4) is 22.4 Å². The number of aromatic nitrogens is 3. The molecule has 2 aromatic carbocycles. The van der Waals surface area contributed by atoms with Crippen LogP contribution in [0.2, 0.25) is 0 Å². The highest BCUT2D eigenvalue weighted by Gasteiger charge is 2.40. The third kappa shape index (κ3) is 9.16. The highest BCUT2D eigenvalue weighted by Crippen LogP contribution is 2.41. The number of aromatic amines is 1. The van der Waals surface area contributed by atoms with Crippen molar-refractivity contribution < 1.29 is 41.5 Å². The number of carbonyl (C=O) groups excluding carboxylic acids is 4. The topological polar surface area (TPSA) is 165 Å². The zero-order valence-corrected chi connectivity index (χ0v) is 34.4. The maximum Gasteiger partial charge on any atom is 0.417 e. The number of anilines is 2. The second-order valence-electron chi connectivity index (χ2n) is 15.8. The number of ether oxygens (including phenoxy) is 1. The average Bonchev–Trinajstić information content (AvgIpc) is 3.87. The van der Waals surface area contributed by atoms with E-state index in [1.54, 1.807) is 41.2 Å². The minimum Gasteiger partial charge on any atom is -0.453 e. The fraction of sp³-hybridized carbons (Fsp3) is 0.429. The number of methoxy groups -OCH3 is 1. The average molecular weight is 836 g/mol. The lowest BCUT2D eigenvalue weighted by Crippen LogP contribution is -2.60. The summed E-state index contributed by atoms with van der Waals surface area (Å²) in [7, 11) is 2.79. The zero-order valence-electron chi connectivity index (χ0n) is 34.4. The third-order valence-corrected chi connectivity index (χ3v) is 11.0. The molecule has 0 unspecified atom stereocenters.